The molecule has 1 saturated carbocycles. The van der Waals surface area contributed by atoms with Gasteiger partial charge in [-0.2, -0.15) is 0 Å². The maximum Gasteiger partial charge on any atom is 0.224 e. The van der Waals surface area contributed by atoms with Crippen molar-refractivity contribution in [3.8, 4) is 0 Å². The van der Waals surface area contributed by atoms with E-state index in [0.717, 1.165) is 12.3 Å². The number of amides is 1. The molecular weight excluding hydrogens is 224 g/mol. The third kappa shape index (κ3) is 2.07. The van der Waals surface area contributed by atoms with Gasteiger partial charge in [0.25, 0.3) is 0 Å². The summed E-state index contributed by atoms with van der Waals surface area (Å²) < 4.78 is 0. The van der Waals surface area contributed by atoms with Gasteiger partial charge in [0.2, 0.25) is 5.91 Å². The molecule has 1 amide bonds. The second-order valence-electron chi connectivity index (χ2n) is 6.61. The summed E-state index contributed by atoms with van der Waals surface area (Å²) in [6.07, 6.45) is 7.25. The van der Waals surface area contributed by atoms with Gasteiger partial charge in [0, 0.05) is 18.1 Å². The molecule has 2 saturated heterocycles. The molecule has 0 aromatic heterocycles. The van der Waals surface area contributed by atoms with Crippen molar-refractivity contribution in [3.63, 3.8) is 0 Å². The average Bonchev–Trinajstić information content (AvgIpc) is 3.06. The Hall–Kier alpha value is -0.570. The first-order valence-corrected chi connectivity index (χ1v) is 7.75. The van der Waals surface area contributed by atoms with Gasteiger partial charge in [-0.25, -0.2) is 0 Å². The number of carbonyl (C=O) groups excluding carboxylic acids is 1. The summed E-state index contributed by atoms with van der Waals surface area (Å²) in [4.78, 5) is 12.4. The minimum absolute atomic E-state index is 0.247. The van der Waals surface area contributed by atoms with E-state index in [0.29, 0.717) is 30.0 Å². The van der Waals surface area contributed by atoms with Crippen LogP contribution in [0.5, 0.6) is 0 Å². The lowest BCUT2D eigenvalue weighted by atomic mass is 9.87. The first-order valence-electron chi connectivity index (χ1n) is 7.75. The fourth-order valence-corrected chi connectivity index (χ4v) is 4.43. The van der Waals surface area contributed by atoms with Gasteiger partial charge in [0.15, 0.2) is 0 Å². The molecule has 6 unspecified atom stereocenters. The lowest BCUT2D eigenvalue weighted by molar-refractivity contribution is -0.126. The van der Waals surface area contributed by atoms with Crippen molar-refractivity contribution in [1.82, 2.24) is 10.6 Å². The summed E-state index contributed by atoms with van der Waals surface area (Å²) in [6.45, 7) is 4.58. The number of hydrogen-bond donors (Lipinski definition) is 2. The molecule has 0 radical (unpaired) electrons. The van der Waals surface area contributed by atoms with Crippen molar-refractivity contribution in [1.29, 1.82) is 0 Å². The summed E-state index contributed by atoms with van der Waals surface area (Å²) in [6, 6.07) is 1.52. The van der Waals surface area contributed by atoms with E-state index in [1.807, 2.05) is 0 Å². The molecule has 18 heavy (non-hydrogen) atoms. The van der Waals surface area contributed by atoms with Crippen LogP contribution in [0.3, 0.4) is 0 Å². The van der Waals surface area contributed by atoms with Crippen molar-refractivity contribution in [3.05, 3.63) is 0 Å². The largest absolute Gasteiger partial charge is 0.353 e. The molecule has 3 nitrogen and oxygen atoms in total. The van der Waals surface area contributed by atoms with Crippen molar-refractivity contribution in [2.24, 2.45) is 17.8 Å². The molecule has 3 heteroatoms. The van der Waals surface area contributed by atoms with E-state index in [4.69, 9.17) is 0 Å². The highest BCUT2D eigenvalue weighted by atomic mass is 16.2. The van der Waals surface area contributed by atoms with E-state index in [2.05, 4.69) is 24.5 Å². The SMILES string of the molecule is CCC1CCC(NC(=O)C2CC3CCC2N3)C1C. The second kappa shape index (κ2) is 4.84. The quantitative estimate of drug-likeness (QED) is 0.805. The Labute approximate surface area is 110 Å². The van der Waals surface area contributed by atoms with Crippen LogP contribution in [0.2, 0.25) is 0 Å². The van der Waals surface area contributed by atoms with Crippen molar-refractivity contribution in [2.45, 2.75) is 70.5 Å². The fraction of sp³-hybridized carbons (Fsp3) is 0.933. The molecule has 3 aliphatic rings. The fourth-order valence-electron chi connectivity index (χ4n) is 4.43. The van der Waals surface area contributed by atoms with Crippen LogP contribution in [0, 0.1) is 17.8 Å². The number of carbonyl (C=O) groups is 1. The zero-order valence-corrected chi connectivity index (χ0v) is 11.6. The monoisotopic (exact) mass is 250 g/mol. The van der Waals surface area contributed by atoms with E-state index in [1.54, 1.807) is 0 Å². The molecule has 1 aliphatic carbocycles. The topological polar surface area (TPSA) is 41.1 Å². The number of hydrogen-bond acceptors (Lipinski definition) is 2. The summed E-state index contributed by atoms with van der Waals surface area (Å²) in [5.74, 6) is 2.04. The van der Waals surface area contributed by atoms with Gasteiger partial charge in [0.1, 0.15) is 0 Å². The number of nitrogens with one attached hydrogen (secondary N) is 2. The van der Waals surface area contributed by atoms with Gasteiger partial charge in [-0.05, 0) is 43.9 Å². The van der Waals surface area contributed by atoms with Crippen LogP contribution < -0.4 is 10.6 Å². The standard InChI is InChI=1S/C15H26N2O/c1-3-10-4-6-13(9(10)2)17-15(18)12-8-11-5-7-14(12)16-11/h9-14,16H,3-8H2,1-2H3,(H,17,18). The van der Waals surface area contributed by atoms with Gasteiger partial charge in [-0.3, -0.25) is 4.79 Å². The van der Waals surface area contributed by atoms with E-state index in [-0.39, 0.29) is 5.92 Å². The van der Waals surface area contributed by atoms with Crippen molar-refractivity contribution >= 4 is 5.91 Å². The van der Waals surface area contributed by atoms with Crippen LogP contribution in [0.1, 0.15) is 52.4 Å². The molecule has 2 aliphatic heterocycles. The van der Waals surface area contributed by atoms with Crippen LogP contribution in [0.25, 0.3) is 0 Å². The summed E-state index contributed by atoms with van der Waals surface area (Å²) in [7, 11) is 0. The molecule has 2 bridgehead atoms. The van der Waals surface area contributed by atoms with Crippen LogP contribution in [0.15, 0.2) is 0 Å². The Bertz CT molecular complexity index is 330. The Balaban J connectivity index is 1.55. The van der Waals surface area contributed by atoms with Gasteiger partial charge in [0.05, 0.1) is 5.92 Å². The maximum absolute atomic E-state index is 12.4. The Morgan fingerprint density at radius 2 is 2.11 bits per heavy atom. The molecule has 6 atom stereocenters. The normalized spacial score (nSPS) is 46.6. The number of rotatable bonds is 3. The van der Waals surface area contributed by atoms with Gasteiger partial charge in [-0.15, -0.1) is 0 Å². The third-order valence-electron chi connectivity index (χ3n) is 5.72. The first-order chi connectivity index (χ1) is 8.69. The van der Waals surface area contributed by atoms with Crippen molar-refractivity contribution in [2.75, 3.05) is 0 Å². The lowest BCUT2D eigenvalue weighted by Crippen LogP contribution is -2.44. The van der Waals surface area contributed by atoms with E-state index in [1.165, 1.54) is 32.1 Å². The van der Waals surface area contributed by atoms with Crippen molar-refractivity contribution < 1.29 is 4.79 Å². The zero-order valence-electron chi connectivity index (χ0n) is 11.6. The highest BCUT2D eigenvalue weighted by Crippen LogP contribution is 2.36. The predicted octanol–water partition coefficient (Wildman–Crippen LogP) is 2.07. The summed E-state index contributed by atoms with van der Waals surface area (Å²) in [5.41, 5.74) is 0. The van der Waals surface area contributed by atoms with Crippen LogP contribution in [0.4, 0.5) is 0 Å². The number of fused-ring (bicyclic) bond motifs is 2. The second-order valence-corrected chi connectivity index (χ2v) is 6.61. The molecule has 2 N–H and O–H groups in total. The minimum Gasteiger partial charge on any atom is -0.353 e. The molecule has 2 heterocycles. The maximum atomic E-state index is 12.4. The Morgan fingerprint density at radius 3 is 2.67 bits per heavy atom. The molecule has 102 valence electrons. The highest BCUT2D eigenvalue weighted by Gasteiger charge is 2.44. The smallest absolute Gasteiger partial charge is 0.224 e. The molecular formula is C15H26N2O. The van der Waals surface area contributed by atoms with Crippen LogP contribution in [-0.2, 0) is 4.79 Å². The van der Waals surface area contributed by atoms with Crippen LogP contribution >= 0.6 is 0 Å². The molecule has 0 aromatic rings. The van der Waals surface area contributed by atoms with Gasteiger partial charge >= 0.3 is 0 Å². The third-order valence-corrected chi connectivity index (χ3v) is 5.72. The van der Waals surface area contributed by atoms with Gasteiger partial charge < -0.3 is 10.6 Å². The first kappa shape index (κ1) is 12.5. The molecule has 0 aromatic carbocycles. The van der Waals surface area contributed by atoms with E-state index in [9.17, 15) is 4.79 Å². The lowest BCUT2D eigenvalue weighted by Gasteiger charge is -2.25. The zero-order chi connectivity index (χ0) is 12.7. The molecule has 0 spiro atoms. The molecule has 3 fully saturated rings. The molecule has 3 rings (SSSR count). The highest BCUT2D eigenvalue weighted by molar-refractivity contribution is 5.80. The average molecular weight is 250 g/mol. The van der Waals surface area contributed by atoms with E-state index < -0.39 is 0 Å². The predicted molar refractivity (Wildman–Crippen MR) is 72.2 cm³/mol. The minimum atomic E-state index is 0.247. The Kier molecular flexibility index (Phi) is 3.35. The van der Waals surface area contributed by atoms with E-state index >= 15 is 0 Å². The Morgan fingerprint density at radius 1 is 1.28 bits per heavy atom. The van der Waals surface area contributed by atoms with Gasteiger partial charge in [-0.1, -0.05) is 20.3 Å². The summed E-state index contributed by atoms with van der Waals surface area (Å²) in [5, 5.41) is 6.89. The van der Waals surface area contributed by atoms with Crippen LogP contribution in [-0.4, -0.2) is 24.0 Å². The summed E-state index contributed by atoms with van der Waals surface area (Å²) >= 11 is 0.